The zero-order chi connectivity index (χ0) is 24.1. The van der Waals surface area contributed by atoms with Crippen LogP contribution in [0.25, 0.3) is 6.08 Å². The van der Waals surface area contributed by atoms with Crippen molar-refractivity contribution in [2.24, 2.45) is 0 Å². The van der Waals surface area contributed by atoms with E-state index in [4.69, 9.17) is 32.7 Å². The normalized spacial score (nSPS) is 16.4. The fraction of sp³-hybridized carbons (Fsp3) is 0.192. The molecule has 0 spiro atoms. The standard InChI is InChI=1S/C26H24Cl2N2O3S/c1-3-16-8-10-19(11-9-16)29-26-30-25(31)23(34-26)14-17-12-21(28)24(22(13-17)32-2)33-15-18-6-4-5-7-20(18)27/h4-14,26,29H,3,15H2,1-2H3,(H,30,31)/b23-14-/t26-/m0/s1. The smallest absolute Gasteiger partial charge is 0.260 e. The first-order chi connectivity index (χ1) is 16.5. The van der Waals surface area contributed by atoms with Crippen LogP contribution in [0.2, 0.25) is 10.0 Å². The number of carbonyl (C=O) groups is 1. The van der Waals surface area contributed by atoms with E-state index in [2.05, 4.69) is 29.7 Å². The summed E-state index contributed by atoms with van der Waals surface area (Å²) in [6, 6.07) is 19.2. The molecule has 1 atom stereocenters. The molecule has 3 aromatic rings. The Morgan fingerprint density at radius 3 is 2.56 bits per heavy atom. The van der Waals surface area contributed by atoms with Crippen LogP contribution in [0.15, 0.2) is 65.6 Å². The highest BCUT2D eigenvalue weighted by Gasteiger charge is 2.27. The molecule has 0 aromatic heterocycles. The molecular weight excluding hydrogens is 491 g/mol. The second-order valence-corrected chi connectivity index (χ2v) is 9.55. The van der Waals surface area contributed by atoms with E-state index in [1.807, 2.05) is 30.3 Å². The molecule has 1 aliphatic rings. The molecule has 1 aliphatic heterocycles. The first-order valence-corrected chi connectivity index (χ1v) is 12.4. The van der Waals surface area contributed by atoms with Crippen molar-refractivity contribution >= 4 is 52.6 Å². The van der Waals surface area contributed by atoms with E-state index in [0.29, 0.717) is 26.4 Å². The molecule has 1 saturated heterocycles. The quantitative estimate of drug-likeness (QED) is 0.326. The summed E-state index contributed by atoms with van der Waals surface area (Å²) in [6.07, 6.45) is 2.77. The van der Waals surface area contributed by atoms with Gasteiger partial charge in [0.25, 0.3) is 5.91 Å². The number of halogens is 2. The monoisotopic (exact) mass is 514 g/mol. The van der Waals surface area contributed by atoms with Gasteiger partial charge in [-0.05, 0) is 54.0 Å². The van der Waals surface area contributed by atoms with Gasteiger partial charge < -0.3 is 20.1 Å². The summed E-state index contributed by atoms with van der Waals surface area (Å²) in [6.45, 7) is 2.37. The van der Waals surface area contributed by atoms with Crippen LogP contribution in [0.1, 0.15) is 23.6 Å². The highest BCUT2D eigenvalue weighted by Crippen LogP contribution is 2.39. The van der Waals surface area contributed by atoms with Crippen molar-refractivity contribution in [1.29, 1.82) is 0 Å². The van der Waals surface area contributed by atoms with Crippen LogP contribution >= 0.6 is 35.0 Å². The van der Waals surface area contributed by atoms with Crippen LogP contribution in [-0.4, -0.2) is 18.5 Å². The molecule has 0 aliphatic carbocycles. The highest BCUT2D eigenvalue weighted by molar-refractivity contribution is 8.05. The van der Waals surface area contributed by atoms with E-state index in [1.54, 1.807) is 31.4 Å². The summed E-state index contributed by atoms with van der Waals surface area (Å²) < 4.78 is 11.4. The average Bonchev–Trinajstić information content (AvgIpc) is 3.17. The van der Waals surface area contributed by atoms with Gasteiger partial charge in [-0.15, -0.1) is 0 Å². The van der Waals surface area contributed by atoms with Gasteiger partial charge in [-0.1, -0.05) is 72.2 Å². The van der Waals surface area contributed by atoms with Gasteiger partial charge in [0.15, 0.2) is 17.0 Å². The van der Waals surface area contributed by atoms with Gasteiger partial charge in [0, 0.05) is 16.3 Å². The number of aryl methyl sites for hydroxylation is 1. The number of nitrogens with one attached hydrogen (secondary N) is 2. The van der Waals surface area contributed by atoms with Crippen molar-refractivity contribution in [3.63, 3.8) is 0 Å². The molecule has 4 rings (SSSR count). The molecule has 0 bridgehead atoms. The highest BCUT2D eigenvalue weighted by atomic mass is 35.5. The van der Waals surface area contributed by atoms with Crippen molar-refractivity contribution in [2.75, 3.05) is 12.4 Å². The van der Waals surface area contributed by atoms with Crippen LogP contribution in [0, 0.1) is 0 Å². The molecule has 1 amide bonds. The number of thioether (sulfide) groups is 1. The topological polar surface area (TPSA) is 59.6 Å². The lowest BCUT2D eigenvalue weighted by Gasteiger charge is -2.14. The molecular formula is C26H24Cl2N2O3S. The fourth-order valence-corrected chi connectivity index (χ4v) is 4.88. The lowest BCUT2D eigenvalue weighted by atomic mass is 10.1. The van der Waals surface area contributed by atoms with Crippen LogP contribution in [0.4, 0.5) is 5.69 Å². The van der Waals surface area contributed by atoms with Crippen molar-refractivity contribution < 1.29 is 14.3 Å². The molecule has 2 N–H and O–H groups in total. The maximum atomic E-state index is 12.5. The molecule has 34 heavy (non-hydrogen) atoms. The number of benzene rings is 3. The third-order valence-electron chi connectivity index (χ3n) is 5.27. The summed E-state index contributed by atoms with van der Waals surface area (Å²) in [5.74, 6) is 0.743. The molecule has 5 nitrogen and oxygen atoms in total. The van der Waals surface area contributed by atoms with Gasteiger partial charge >= 0.3 is 0 Å². The van der Waals surface area contributed by atoms with Gasteiger partial charge in [0.05, 0.1) is 17.0 Å². The predicted molar refractivity (Wildman–Crippen MR) is 141 cm³/mol. The molecule has 0 unspecified atom stereocenters. The van der Waals surface area contributed by atoms with Gasteiger partial charge in [0.1, 0.15) is 6.61 Å². The Bertz CT molecular complexity index is 1220. The van der Waals surface area contributed by atoms with Gasteiger partial charge in [-0.3, -0.25) is 4.79 Å². The Kier molecular flexibility index (Phi) is 7.93. The van der Waals surface area contributed by atoms with Crippen LogP contribution < -0.4 is 20.1 Å². The van der Waals surface area contributed by atoms with E-state index in [-0.39, 0.29) is 18.0 Å². The second-order valence-electron chi connectivity index (χ2n) is 7.59. The lowest BCUT2D eigenvalue weighted by Crippen LogP contribution is -2.30. The lowest BCUT2D eigenvalue weighted by molar-refractivity contribution is -0.116. The van der Waals surface area contributed by atoms with Crippen molar-refractivity contribution in [2.45, 2.75) is 25.4 Å². The summed E-state index contributed by atoms with van der Waals surface area (Å²) in [7, 11) is 1.55. The Balaban J connectivity index is 1.48. The zero-order valence-electron chi connectivity index (χ0n) is 18.7. The largest absolute Gasteiger partial charge is 0.493 e. The maximum absolute atomic E-state index is 12.5. The number of methoxy groups -OCH3 is 1. The van der Waals surface area contributed by atoms with Crippen LogP contribution in [0.3, 0.4) is 0 Å². The molecule has 176 valence electrons. The molecule has 0 saturated carbocycles. The number of anilines is 1. The number of carbonyl (C=O) groups excluding carboxylic acids is 1. The Labute approximate surface area is 213 Å². The number of ether oxygens (including phenoxy) is 2. The minimum Gasteiger partial charge on any atom is -0.493 e. The predicted octanol–water partition coefficient (Wildman–Crippen LogP) is 6.74. The number of amides is 1. The zero-order valence-corrected chi connectivity index (χ0v) is 21.1. The fourth-order valence-electron chi connectivity index (χ4n) is 3.43. The minimum absolute atomic E-state index is 0.151. The number of hydrogen-bond donors (Lipinski definition) is 2. The molecule has 1 fully saturated rings. The number of hydrogen-bond acceptors (Lipinski definition) is 5. The summed E-state index contributed by atoms with van der Waals surface area (Å²) >= 11 is 14.1. The van der Waals surface area contributed by atoms with Gasteiger partial charge in [0.2, 0.25) is 0 Å². The first-order valence-electron chi connectivity index (χ1n) is 10.7. The van der Waals surface area contributed by atoms with Crippen LogP contribution in [0.5, 0.6) is 11.5 Å². The van der Waals surface area contributed by atoms with E-state index >= 15 is 0 Å². The third-order valence-corrected chi connectivity index (χ3v) is 6.95. The summed E-state index contributed by atoms with van der Waals surface area (Å²) in [5.41, 5.74) is 3.52. The van der Waals surface area contributed by atoms with Gasteiger partial charge in [-0.2, -0.15) is 0 Å². The van der Waals surface area contributed by atoms with Crippen molar-refractivity contribution in [3.8, 4) is 11.5 Å². The Hall–Kier alpha value is -2.80. The van der Waals surface area contributed by atoms with Gasteiger partial charge in [-0.25, -0.2) is 0 Å². The molecule has 1 heterocycles. The van der Waals surface area contributed by atoms with E-state index in [9.17, 15) is 4.79 Å². The third kappa shape index (κ3) is 5.81. The van der Waals surface area contributed by atoms with Crippen molar-refractivity contribution in [3.05, 3.63) is 92.3 Å². The minimum atomic E-state index is -0.262. The Morgan fingerprint density at radius 1 is 1.09 bits per heavy atom. The first kappa shape index (κ1) is 24.3. The molecule has 3 aromatic carbocycles. The van der Waals surface area contributed by atoms with Crippen LogP contribution in [-0.2, 0) is 17.8 Å². The number of rotatable bonds is 8. The maximum Gasteiger partial charge on any atom is 0.260 e. The summed E-state index contributed by atoms with van der Waals surface area (Å²) in [5, 5.41) is 7.27. The Morgan fingerprint density at radius 2 is 1.85 bits per heavy atom. The van der Waals surface area contributed by atoms with Crippen molar-refractivity contribution in [1.82, 2.24) is 5.32 Å². The van der Waals surface area contributed by atoms with E-state index in [0.717, 1.165) is 23.2 Å². The van der Waals surface area contributed by atoms with E-state index in [1.165, 1.54) is 17.3 Å². The van der Waals surface area contributed by atoms with E-state index < -0.39 is 0 Å². The molecule has 0 radical (unpaired) electrons. The second kappa shape index (κ2) is 11.1. The molecule has 8 heteroatoms. The summed E-state index contributed by atoms with van der Waals surface area (Å²) in [4.78, 5) is 13.1. The SMILES string of the molecule is CCc1ccc(N[C@H]2NC(=O)/C(=C/c3cc(Cl)c(OCc4ccccc4Cl)c(OC)c3)S2)cc1. The average molecular weight is 515 g/mol.